The van der Waals surface area contributed by atoms with E-state index in [2.05, 4.69) is 4.98 Å². The summed E-state index contributed by atoms with van der Waals surface area (Å²) in [4.78, 5) is 4.08. The van der Waals surface area contributed by atoms with Crippen LogP contribution in [0.25, 0.3) is 0 Å². The summed E-state index contributed by atoms with van der Waals surface area (Å²) in [5, 5.41) is 10.4. The maximum absolute atomic E-state index is 10.4. The van der Waals surface area contributed by atoms with E-state index in [1.54, 1.807) is 12.4 Å². The summed E-state index contributed by atoms with van der Waals surface area (Å²) in [6, 6.07) is 1.81. The molecule has 0 aromatic carbocycles. The average Bonchev–Trinajstić information content (AvgIpc) is 2.94. The van der Waals surface area contributed by atoms with Gasteiger partial charge in [-0.05, 0) is 48.6 Å². The molecule has 0 saturated heterocycles. The normalized spacial score (nSPS) is 32.9. The van der Waals surface area contributed by atoms with Gasteiger partial charge in [0.05, 0.1) is 6.10 Å². The van der Waals surface area contributed by atoms with Crippen LogP contribution in [-0.2, 0) is 6.42 Å². The molecule has 1 aromatic heterocycles. The molecule has 1 aromatic rings. The van der Waals surface area contributed by atoms with Crippen molar-refractivity contribution in [3.63, 3.8) is 0 Å². The summed E-state index contributed by atoms with van der Waals surface area (Å²) < 4.78 is 0. The van der Waals surface area contributed by atoms with Crippen LogP contribution in [0.5, 0.6) is 0 Å². The number of anilines is 1. The lowest BCUT2D eigenvalue weighted by molar-refractivity contribution is 0.0751. The second-order valence-corrected chi connectivity index (χ2v) is 5.68. The Morgan fingerprint density at radius 3 is 2.94 bits per heavy atom. The van der Waals surface area contributed by atoms with Crippen molar-refractivity contribution in [3.05, 3.63) is 24.0 Å². The van der Waals surface area contributed by atoms with Gasteiger partial charge >= 0.3 is 0 Å². The number of pyridine rings is 1. The van der Waals surface area contributed by atoms with Gasteiger partial charge in [0.15, 0.2) is 0 Å². The van der Waals surface area contributed by atoms with E-state index < -0.39 is 0 Å². The highest BCUT2D eigenvalue weighted by Crippen LogP contribution is 2.49. The van der Waals surface area contributed by atoms with E-state index >= 15 is 0 Å². The first kappa shape index (κ1) is 11.0. The SMILES string of the molecule is Nc1ccncc1CC(O)C1CC2CCC1C2. The molecule has 0 spiro atoms. The summed E-state index contributed by atoms with van der Waals surface area (Å²) >= 11 is 0. The zero-order valence-electron chi connectivity index (χ0n) is 10.0. The molecule has 1 heterocycles. The first-order chi connectivity index (χ1) is 8.24. The van der Waals surface area contributed by atoms with Gasteiger partial charge in [-0.1, -0.05) is 6.42 Å². The van der Waals surface area contributed by atoms with E-state index in [1.807, 2.05) is 6.07 Å². The summed E-state index contributed by atoms with van der Waals surface area (Å²) in [6.45, 7) is 0. The van der Waals surface area contributed by atoms with Crippen LogP contribution in [0, 0.1) is 17.8 Å². The lowest BCUT2D eigenvalue weighted by Crippen LogP contribution is -2.27. The van der Waals surface area contributed by atoms with Crippen LogP contribution in [-0.4, -0.2) is 16.2 Å². The average molecular weight is 232 g/mol. The molecular weight excluding hydrogens is 212 g/mol. The quantitative estimate of drug-likeness (QED) is 0.838. The fourth-order valence-electron chi connectivity index (χ4n) is 3.75. The Bertz CT molecular complexity index is 407. The summed E-state index contributed by atoms with van der Waals surface area (Å²) in [5.74, 6) is 2.13. The highest BCUT2D eigenvalue weighted by molar-refractivity contribution is 5.44. The largest absolute Gasteiger partial charge is 0.398 e. The predicted octanol–water partition coefficient (Wildman–Crippen LogP) is 2.00. The molecule has 3 nitrogen and oxygen atoms in total. The lowest BCUT2D eigenvalue weighted by Gasteiger charge is -2.27. The molecule has 2 aliphatic carbocycles. The molecule has 3 heteroatoms. The molecule has 0 amide bonds. The number of aromatic nitrogens is 1. The van der Waals surface area contributed by atoms with E-state index in [4.69, 9.17) is 5.73 Å². The molecule has 2 aliphatic rings. The second-order valence-electron chi connectivity index (χ2n) is 5.68. The van der Waals surface area contributed by atoms with E-state index in [-0.39, 0.29) is 6.10 Å². The minimum absolute atomic E-state index is 0.239. The topological polar surface area (TPSA) is 59.1 Å². The third-order valence-corrected chi connectivity index (χ3v) is 4.66. The van der Waals surface area contributed by atoms with Gasteiger partial charge in [0, 0.05) is 24.5 Å². The van der Waals surface area contributed by atoms with Gasteiger partial charge in [-0.15, -0.1) is 0 Å². The maximum atomic E-state index is 10.4. The van der Waals surface area contributed by atoms with Crippen molar-refractivity contribution in [3.8, 4) is 0 Å². The number of aliphatic hydroxyl groups is 1. The first-order valence-corrected chi connectivity index (χ1v) is 6.60. The Labute approximate surface area is 102 Å². The maximum Gasteiger partial charge on any atom is 0.0612 e. The van der Waals surface area contributed by atoms with Crippen LogP contribution in [0.3, 0.4) is 0 Å². The minimum atomic E-state index is -0.239. The van der Waals surface area contributed by atoms with Gasteiger partial charge in [-0.2, -0.15) is 0 Å². The van der Waals surface area contributed by atoms with Crippen LogP contribution >= 0.6 is 0 Å². The molecule has 92 valence electrons. The fourth-order valence-corrected chi connectivity index (χ4v) is 3.75. The summed E-state index contributed by atoms with van der Waals surface area (Å²) in [5.41, 5.74) is 7.63. The van der Waals surface area contributed by atoms with Crippen LogP contribution in [0.2, 0.25) is 0 Å². The monoisotopic (exact) mass is 232 g/mol. The number of hydrogen-bond donors (Lipinski definition) is 2. The number of nitrogen functional groups attached to an aromatic ring is 1. The van der Waals surface area contributed by atoms with Crippen molar-refractivity contribution < 1.29 is 5.11 Å². The van der Waals surface area contributed by atoms with Crippen LogP contribution in [0.1, 0.15) is 31.2 Å². The molecule has 2 fully saturated rings. The predicted molar refractivity (Wildman–Crippen MR) is 67.3 cm³/mol. The van der Waals surface area contributed by atoms with Crippen molar-refractivity contribution >= 4 is 5.69 Å². The van der Waals surface area contributed by atoms with Gasteiger partial charge in [-0.3, -0.25) is 4.98 Å². The van der Waals surface area contributed by atoms with Gasteiger partial charge < -0.3 is 10.8 Å². The molecule has 3 rings (SSSR count). The first-order valence-electron chi connectivity index (χ1n) is 6.60. The van der Waals surface area contributed by atoms with Crippen molar-refractivity contribution in [1.82, 2.24) is 4.98 Å². The van der Waals surface area contributed by atoms with Crippen LogP contribution in [0.4, 0.5) is 5.69 Å². The molecule has 17 heavy (non-hydrogen) atoms. The van der Waals surface area contributed by atoms with E-state index in [1.165, 1.54) is 25.7 Å². The number of hydrogen-bond acceptors (Lipinski definition) is 3. The standard InChI is InChI=1S/C14H20N2O/c15-13-3-4-16-8-11(13)7-14(17)12-6-9-1-2-10(12)5-9/h3-4,8-10,12,14,17H,1-2,5-7H2,(H2,15,16). The van der Waals surface area contributed by atoms with Gasteiger partial charge in [0.2, 0.25) is 0 Å². The number of nitrogens with two attached hydrogens (primary N) is 1. The Kier molecular flexibility index (Phi) is 2.79. The molecule has 4 atom stereocenters. The highest BCUT2D eigenvalue weighted by atomic mass is 16.3. The zero-order valence-corrected chi connectivity index (χ0v) is 10.0. The van der Waals surface area contributed by atoms with Crippen LogP contribution < -0.4 is 5.73 Å². The number of aliphatic hydroxyl groups excluding tert-OH is 1. The Balaban J connectivity index is 1.68. The molecule has 0 aliphatic heterocycles. The Morgan fingerprint density at radius 2 is 2.29 bits per heavy atom. The molecule has 2 bridgehead atoms. The number of fused-ring (bicyclic) bond motifs is 2. The van der Waals surface area contributed by atoms with Crippen molar-refractivity contribution in [2.24, 2.45) is 17.8 Å². The molecule has 2 saturated carbocycles. The Hall–Kier alpha value is -1.09. The molecule has 0 radical (unpaired) electrons. The van der Waals surface area contributed by atoms with Gasteiger partial charge in [-0.25, -0.2) is 0 Å². The van der Waals surface area contributed by atoms with Crippen molar-refractivity contribution in [2.75, 3.05) is 5.73 Å². The summed E-state index contributed by atoms with van der Waals surface area (Å²) in [7, 11) is 0. The zero-order chi connectivity index (χ0) is 11.8. The second kappa shape index (κ2) is 4.30. The number of rotatable bonds is 3. The van der Waals surface area contributed by atoms with Crippen molar-refractivity contribution in [2.45, 2.75) is 38.2 Å². The summed E-state index contributed by atoms with van der Waals surface area (Å²) in [6.07, 6.45) is 9.15. The molecule has 4 unspecified atom stereocenters. The lowest BCUT2D eigenvalue weighted by atomic mass is 9.82. The minimum Gasteiger partial charge on any atom is -0.398 e. The smallest absolute Gasteiger partial charge is 0.0612 e. The van der Waals surface area contributed by atoms with E-state index in [0.29, 0.717) is 12.3 Å². The molecule has 3 N–H and O–H groups in total. The Morgan fingerprint density at radius 1 is 1.41 bits per heavy atom. The fraction of sp³-hybridized carbons (Fsp3) is 0.643. The third kappa shape index (κ3) is 2.04. The highest BCUT2D eigenvalue weighted by Gasteiger charge is 2.42. The van der Waals surface area contributed by atoms with E-state index in [9.17, 15) is 5.11 Å². The van der Waals surface area contributed by atoms with Crippen LogP contribution in [0.15, 0.2) is 18.5 Å². The number of nitrogens with zero attached hydrogens (tertiary/aromatic N) is 1. The van der Waals surface area contributed by atoms with E-state index in [0.717, 1.165) is 23.1 Å². The molecular formula is C14H20N2O. The van der Waals surface area contributed by atoms with Gasteiger partial charge in [0.25, 0.3) is 0 Å². The third-order valence-electron chi connectivity index (χ3n) is 4.66. The van der Waals surface area contributed by atoms with Gasteiger partial charge in [0.1, 0.15) is 0 Å². The van der Waals surface area contributed by atoms with Crippen molar-refractivity contribution in [1.29, 1.82) is 0 Å².